The zero-order chi connectivity index (χ0) is 13.1. The van der Waals surface area contributed by atoms with E-state index in [-0.39, 0.29) is 21.3 Å². The standard InChI is InChI=1S/C10H8ClN3O3S/c11-7-6(9(15)16)1-2-12-8(7)13-3-5-4-18-10(17)14-5/h1-2,4H,3H2,(H,12,13)(H,14,17)(H,15,16). The van der Waals surface area contributed by atoms with Crippen molar-refractivity contribution in [2.24, 2.45) is 0 Å². The summed E-state index contributed by atoms with van der Waals surface area (Å²) in [5.41, 5.74) is 0.663. The van der Waals surface area contributed by atoms with Crippen molar-refractivity contribution in [1.82, 2.24) is 9.97 Å². The van der Waals surface area contributed by atoms with Crippen LogP contribution in [0.3, 0.4) is 0 Å². The number of nitrogens with one attached hydrogen (secondary N) is 2. The summed E-state index contributed by atoms with van der Waals surface area (Å²) < 4.78 is 0. The summed E-state index contributed by atoms with van der Waals surface area (Å²) in [5, 5.41) is 13.5. The van der Waals surface area contributed by atoms with Crippen molar-refractivity contribution in [3.63, 3.8) is 0 Å². The molecule has 8 heteroatoms. The van der Waals surface area contributed by atoms with E-state index < -0.39 is 5.97 Å². The molecule has 0 atom stereocenters. The third kappa shape index (κ3) is 2.69. The minimum atomic E-state index is -1.12. The molecule has 0 unspecified atom stereocenters. The Morgan fingerprint density at radius 1 is 1.61 bits per heavy atom. The topological polar surface area (TPSA) is 95.1 Å². The molecule has 0 spiro atoms. The van der Waals surface area contributed by atoms with Gasteiger partial charge in [0.2, 0.25) is 0 Å². The zero-order valence-corrected chi connectivity index (χ0v) is 10.5. The molecule has 2 rings (SSSR count). The Morgan fingerprint density at radius 3 is 3.00 bits per heavy atom. The Hall–Kier alpha value is -1.86. The lowest BCUT2D eigenvalue weighted by Gasteiger charge is -2.07. The van der Waals surface area contributed by atoms with Crippen LogP contribution in [0.25, 0.3) is 0 Å². The van der Waals surface area contributed by atoms with Gasteiger partial charge in [-0.05, 0) is 6.07 Å². The molecule has 2 aromatic rings. The van der Waals surface area contributed by atoms with Crippen LogP contribution in [-0.4, -0.2) is 21.0 Å². The highest BCUT2D eigenvalue weighted by atomic mass is 35.5. The third-order valence-electron chi connectivity index (χ3n) is 2.14. The summed E-state index contributed by atoms with van der Waals surface area (Å²) in [6, 6.07) is 1.32. The van der Waals surface area contributed by atoms with E-state index in [1.54, 1.807) is 5.38 Å². The number of thiazole rings is 1. The van der Waals surface area contributed by atoms with Gasteiger partial charge in [0.15, 0.2) is 0 Å². The van der Waals surface area contributed by atoms with Gasteiger partial charge in [-0.1, -0.05) is 22.9 Å². The number of nitrogens with zero attached hydrogens (tertiary/aromatic N) is 1. The molecule has 0 saturated heterocycles. The molecule has 94 valence electrons. The molecule has 0 aliphatic rings. The molecular formula is C10H8ClN3O3S. The van der Waals surface area contributed by atoms with Crippen LogP contribution in [0.5, 0.6) is 0 Å². The van der Waals surface area contributed by atoms with Gasteiger partial charge in [0.1, 0.15) is 5.82 Å². The highest BCUT2D eigenvalue weighted by molar-refractivity contribution is 7.07. The third-order valence-corrected chi connectivity index (χ3v) is 3.24. The zero-order valence-electron chi connectivity index (χ0n) is 8.94. The van der Waals surface area contributed by atoms with Gasteiger partial charge in [0.05, 0.1) is 17.1 Å². The van der Waals surface area contributed by atoms with E-state index in [1.165, 1.54) is 12.3 Å². The van der Waals surface area contributed by atoms with Gasteiger partial charge in [-0.15, -0.1) is 0 Å². The minimum absolute atomic E-state index is 0.0204. The number of aromatic amines is 1. The lowest BCUT2D eigenvalue weighted by atomic mass is 10.2. The number of hydrogen-bond donors (Lipinski definition) is 3. The van der Waals surface area contributed by atoms with Crippen LogP contribution in [0.15, 0.2) is 22.4 Å². The van der Waals surface area contributed by atoms with Crippen molar-refractivity contribution in [2.75, 3.05) is 5.32 Å². The number of aromatic nitrogens is 2. The average Bonchev–Trinajstić information content (AvgIpc) is 2.73. The molecule has 18 heavy (non-hydrogen) atoms. The molecule has 0 aliphatic carbocycles. The van der Waals surface area contributed by atoms with Gasteiger partial charge in [-0.3, -0.25) is 4.79 Å². The second kappa shape index (κ2) is 5.19. The lowest BCUT2D eigenvalue weighted by molar-refractivity contribution is 0.0697. The summed E-state index contributed by atoms with van der Waals surface area (Å²) in [4.78, 5) is 28.2. The van der Waals surface area contributed by atoms with E-state index >= 15 is 0 Å². The largest absolute Gasteiger partial charge is 0.478 e. The summed E-state index contributed by atoms with van der Waals surface area (Å²) in [6.45, 7) is 0.314. The van der Waals surface area contributed by atoms with Crippen LogP contribution in [0.4, 0.5) is 5.82 Å². The van der Waals surface area contributed by atoms with Crippen molar-refractivity contribution in [3.8, 4) is 0 Å². The van der Waals surface area contributed by atoms with Crippen molar-refractivity contribution >= 4 is 34.7 Å². The van der Waals surface area contributed by atoms with Crippen LogP contribution in [0.2, 0.25) is 5.02 Å². The molecule has 6 nitrogen and oxygen atoms in total. The number of hydrogen-bond acceptors (Lipinski definition) is 5. The molecule has 0 aliphatic heterocycles. The van der Waals surface area contributed by atoms with Gasteiger partial charge in [0.25, 0.3) is 0 Å². The number of carbonyl (C=O) groups is 1. The molecular weight excluding hydrogens is 278 g/mol. The van der Waals surface area contributed by atoms with Crippen LogP contribution < -0.4 is 10.2 Å². The predicted octanol–water partition coefficient (Wildman–Crippen LogP) is 1.80. The number of pyridine rings is 1. The highest BCUT2D eigenvalue weighted by Gasteiger charge is 2.13. The molecule has 0 saturated carbocycles. The number of halogens is 1. The van der Waals surface area contributed by atoms with Gasteiger partial charge < -0.3 is 15.4 Å². The van der Waals surface area contributed by atoms with E-state index in [2.05, 4.69) is 15.3 Å². The smallest absolute Gasteiger partial charge is 0.337 e. The van der Waals surface area contributed by atoms with Crippen molar-refractivity contribution < 1.29 is 9.90 Å². The van der Waals surface area contributed by atoms with E-state index in [4.69, 9.17) is 16.7 Å². The molecule has 0 bridgehead atoms. The second-order valence-electron chi connectivity index (χ2n) is 3.35. The normalized spacial score (nSPS) is 10.3. The number of H-pyrrole nitrogens is 1. The second-order valence-corrected chi connectivity index (χ2v) is 4.57. The van der Waals surface area contributed by atoms with E-state index in [9.17, 15) is 9.59 Å². The maximum atomic E-state index is 10.9. The molecule has 3 N–H and O–H groups in total. The molecule has 2 heterocycles. The quantitative estimate of drug-likeness (QED) is 0.796. The van der Waals surface area contributed by atoms with Crippen LogP contribution in [0.1, 0.15) is 16.1 Å². The number of carboxylic acid groups (broad SMARTS) is 1. The van der Waals surface area contributed by atoms with Gasteiger partial charge in [-0.25, -0.2) is 9.78 Å². The van der Waals surface area contributed by atoms with Crippen LogP contribution >= 0.6 is 22.9 Å². The Balaban J connectivity index is 2.17. The Kier molecular flexibility index (Phi) is 3.63. The minimum Gasteiger partial charge on any atom is -0.478 e. The Labute approximate surface area is 110 Å². The molecule has 0 aromatic carbocycles. The van der Waals surface area contributed by atoms with Crippen molar-refractivity contribution in [3.05, 3.63) is 43.6 Å². The monoisotopic (exact) mass is 285 g/mol. The van der Waals surface area contributed by atoms with E-state index in [0.717, 1.165) is 11.3 Å². The first kappa shape index (κ1) is 12.6. The fraction of sp³-hybridized carbons (Fsp3) is 0.100. The van der Waals surface area contributed by atoms with Crippen molar-refractivity contribution in [2.45, 2.75) is 6.54 Å². The van der Waals surface area contributed by atoms with Gasteiger partial charge >= 0.3 is 10.8 Å². The number of carboxylic acids is 1. The molecule has 0 radical (unpaired) electrons. The van der Waals surface area contributed by atoms with Crippen LogP contribution in [0, 0.1) is 0 Å². The van der Waals surface area contributed by atoms with E-state index in [0.29, 0.717) is 12.2 Å². The number of anilines is 1. The summed E-state index contributed by atoms with van der Waals surface area (Å²) >= 11 is 6.95. The first-order valence-corrected chi connectivity index (χ1v) is 6.12. The maximum Gasteiger partial charge on any atom is 0.337 e. The predicted molar refractivity (Wildman–Crippen MR) is 68.5 cm³/mol. The summed E-state index contributed by atoms with van der Waals surface area (Å²) in [5.74, 6) is -0.849. The maximum absolute atomic E-state index is 10.9. The van der Waals surface area contributed by atoms with Crippen molar-refractivity contribution in [1.29, 1.82) is 0 Å². The Morgan fingerprint density at radius 2 is 2.39 bits per heavy atom. The van der Waals surface area contributed by atoms with E-state index in [1.807, 2.05) is 0 Å². The number of aromatic carboxylic acids is 1. The fourth-order valence-electron chi connectivity index (χ4n) is 1.31. The van der Waals surface area contributed by atoms with Gasteiger partial charge in [0, 0.05) is 17.3 Å². The number of rotatable bonds is 4. The molecule has 2 aromatic heterocycles. The van der Waals surface area contributed by atoms with Crippen LogP contribution in [-0.2, 0) is 6.54 Å². The van der Waals surface area contributed by atoms with Gasteiger partial charge in [-0.2, -0.15) is 0 Å². The fourth-order valence-corrected chi connectivity index (χ4v) is 2.15. The Bertz CT molecular complexity index is 637. The SMILES string of the molecule is O=C(O)c1ccnc(NCc2csc(=O)[nH]2)c1Cl. The first-order valence-electron chi connectivity index (χ1n) is 4.86. The lowest BCUT2D eigenvalue weighted by Crippen LogP contribution is -2.07. The molecule has 0 amide bonds. The summed E-state index contributed by atoms with van der Waals surface area (Å²) in [6.07, 6.45) is 1.36. The average molecular weight is 286 g/mol. The summed E-state index contributed by atoms with van der Waals surface area (Å²) in [7, 11) is 0. The molecule has 0 fully saturated rings. The first-order chi connectivity index (χ1) is 8.58. The highest BCUT2D eigenvalue weighted by Crippen LogP contribution is 2.23.